The second-order valence-electron chi connectivity index (χ2n) is 5.41. The first-order valence-electron chi connectivity index (χ1n) is 6.53. The molecule has 120 valence electrons. The monoisotopic (exact) mass is 315 g/mol. The highest BCUT2D eigenvalue weighted by Crippen LogP contribution is 2.32. The van der Waals surface area contributed by atoms with Gasteiger partial charge in [-0.3, -0.25) is 9.79 Å². The van der Waals surface area contributed by atoms with Crippen LogP contribution in [0.5, 0.6) is 0 Å². The quantitative estimate of drug-likeness (QED) is 0.896. The summed E-state index contributed by atoms with van der Waals surface area (Å²) in [5.74, 6) is -5.39. The number of nitrogens with zero attached hydrogens (tertiary/aromatic N) is 1. The zero-order chi connectivity index (χ0) is 16.5. The summed E-state index contributed by atoms with van der Waals surface area (Å²) in [5, 5.41) is 2.04. The highest BCUT2D eigenvalue weighted by molar-refractivity contribution is 5.95. The molecule has 8 heteroatoms. The molecular weight excluding hydrogens is 299 g/mol. The minimum atomic E-state index is -3.53. The Balaban J connectivity index is 2.36. The maximum absolute atomic E-state index is 14.1. The summed E-state index contributed by atoms with van der Waals surface area (Å²) in [6.07, 6.45) is 0. The fourth-order valence-electron chi connectivity index (χ4n) is 2.13. The number of aliphatic imine (C=N–C) groups is 1. The standard InChI is InChI=1S/C14H16F3N3O2/c1-13(7-22-6-11(18)20-13)9-5-8(3-4-10(9)15)19-12(21)14(2,16)17/h3-5H,6-7H2,1-2H3,(H2,18,20)(H,19,21)/t13-/m0/s1. The SMILES string of the molecule is CC(F)(F)C(=O)Nc1ccc(F)c([C@]2(C)COCC(N)=N2)c1. The number of amides is 1. The van der Waals surface area contributed by atoms with E-state index >= 15 is 0 Å². The molecule has 0 saturated heterocycles. The number of alkyl halides is 2. The van der Waals surface area contributed by atoms with Gasteiger partial charge in [-0.25, -0.2) is 4.39 Å². The number of nitrogens with one attached hydrogen (secondary N) is 1. The first-order valence-corrected chi connectivity index (χ1v) is 6.53. The number of anilines is 1. The summed E-state index contributed by atoms with van der Waals surface area (Å²) in [6, 6.07) is 3.53. The third-order valence-corrected chi connectivity index (χ3v) is 3.23. The molecule has 3 N–H and O–H groups in total. The van der Waals surface area contributed by atoms with Gasteiger partial charge in [0.05, 0.1) is 6.61 Å². The summed E-state index contributed by atoms with van der Waals surface area (Å²) >= 11 is 0. The van der Waals surface area contributed by atoms with E-state index in [1.165, 1.54) is 12.1 Å². The zero-order valence-electron chi connectivity index (χ0n) is 12.1. The minimum Gasteiger partial charge on any atom is -0.386 e. The molecule has 1 heterocycles. The number of nitrogens with two attached hydrogens (primary N) is 1. The highest BCUT2D eigenvalue weighted by Gasteiger charge is 2.35. The smallest absolute Gasteiger partial charge is 0.322 e. The summed E-state index contributed by atoms with van der Waals surface area (Å²) in [4.78, 5) is 15.5. The normalized spacial score (nSPS) is 22.1. The van der Waals surface area contributed by atoms with Crippen LogP contribution in [-0.2, 0) is 15.1 Å². The third kappa shape index (κ3) is 3.38. The Labute approximate surface area is 125 Å². The van der Waals surface area contributed by atoms with Gasteiger partial charge in [0.25, 0.3) is 5.91 Å². The van der Waals surface area contributed by atoms with Crippen LogP contribution in [0.2, 0.25) is 0 Å². The molecule has 5 nitrogen and oxygen atoms in total. The summed E-state index contributed by atoms with van der Waals surface area (Å²) in [6.45, 7) is 2.33. The van der Waals surface area contributed by atoms with Gasteiger partial charge in [0.1, 0.15) is 23.8 Å². The molecule has 0 bridgehead atoms. The number of carbonyl (C=O) groups is 1. The fourth-order valence-corrected chi connectivity index (χ4v) is 2.13. The molecule has 0 aromatic heterocycles. The van der Waals surface area contributed by atoms with Gasteiger partial charge in [-0.15, -0.1) is 0 Å². The lowest BCUT2D eigenvalue weighted by molar-refractivity contribution is -0.137. The molecule has 2 rings (SSSR count). The van der Waals surface area contributed by atoms with Crippen LogP contribution in [-0.4, -0.2) is 30.9 Å². The van der Waals surface area contributed by atoms with Gasteiger partial charge in [0.15, 0.2) is 0 Å². The number of hydrogen-bond donors (Lipinski definition) is 2. The van der Waals surface area contributed by atoms with Gasteiger partial charge in [-0.2, -0.15) is 8.78 Å². The van der Waals surface area contributed by atoms with Crippen molar-refractivity contribution in [3.8, 4) is 0 Å². The molecule has 1 aliphatic heterocycles. The molecule has 22 heavy (non-hydrogen) atoms. The molecule has 0 spiro atoms. The van der Waals surface area contributed by atoms with Crippen molar-refractivity contribution in [2.24, 2.45) is 10.7 Å². The summed E-state index contributed by atoms with van der Waals surface area (Å²) in [5.41, 5.74) is 4.67. The van der Waals surface area contributed by atoms with Gasteiger partial charge in [0.2, 0.25) is 0 Å². The van der Waals surface area contributed by atoms with Crippen LogP contribution in [0, 0.1) is 5.82 Å². The van der Waals surface area contributed by atoms with Crippen LogP contribution in [0.25, 0.3) is 0 Å². The van der Waals surface area contributed by atoms with Gasteiger partial charge in [0, 0.05) is 18.2 Å². The van der Waals surface area contributed by atoms with Crippen LogP contribution in [0.15, 0.2) is 23.2 Å². The van der Waals surface area contributed by atoms with Gasteiger partial charge >= 0.3 is 5.92 Å². The molecular formula is C14H16F3N3O2. The number of hydrogen-bond acceptors (Lipinski definition) is 4. The summed E-state index contributed by atoms with van der Waals surface area (Å²) in [7, 11) is 0. The Kier molecular flexibility index (Phi) is 4.15. The Morgan fingerprint density at radius 2 is 2.18 bits per heavy atom. The Hall–Kier alpha value is -2.09. The van der Waals surface area contributed by atoms with E-state index in [1.807, 2.05) is 5.32 Å². The number of amidine groups is 1. The fraction of sp³-hybridized carbons (Fsp3) is 0.429. The van der Waals surface area contributed by atoms with Crippen LogP contribution in [0.3, 0.4) is 0 Å². The van der Waals surface area contributed by atoms with Crippen molar-refractivity contribution in [1.82, 2.24) is 0 Å². The third-order valence-electron chi connectivity index (χ3n) is 3.23. The molecule has 0 unspecified atom stereocenters. The average Bonchev–Trinajstić information content (AvgIpc) is 2.39. The lowest BCUT2D eigenvalue weighted by Crippen LogP contribution is -2.38. The molecule has 0 aliphatic carbocycles. The lowest BCUT2D eigenvalue weighted by Gasteiger charge is -2.30. The molecule has 1 aromatic carbocycles. The number of halogens is 3. The molecule has 0 fully saturated rings. The Morgan fingerprint density at radius 1 is 1.50 bits per heavy atom. The lowest BCUT2D eigenvalue weighted by atomic mass is 9.92. The zero-order valence-corrected chi connectivity index (χ0v) is 12.1. The largest absolute Gasteiger partial charge is 0.386 e. The van der Waals surface area contributed by atoms with E-state index in [2.05, 4.69) is 4.99 Å². The maximum atomic E-state index is 14.1. The van der Waals surface area contributed by atoms with Crippen molar-refractivity contribution in [1.29, 1.82) is 0 Å². The van der Waals surface area contributed by atoms with Gasteiger partial charge in [-0.1, -0.05) is 0 Å². The van der Waals surface area contributed by atoms with Crippen molar-refractivity contribution >= 4 is 17.4 Å². The van der Waals surface area contributed by atoms with E-state index in [9.17, 15) is 18.0 Å². The topological polar surface area (TPSA) is 76.7 Å². The van der Waals surface area contributed by atoms with E-state index in [-0.39, 0.29) is 30.3 Å². The highest BCUT2D eigenvalue weighted by atomic mass is 19.3. The Morgan fingerprint density at radius 3 is 2.77 bits per heavy atom. The molecule has 1 aromatic rings. The summed E-state index contributed by atoms with van der Waals surface area (Å²) < 4.78 is 45.2. The van der Waals surface area contributed by atoms with Crippen molar-refractivity contribution < 1.29 is 22.7 Å². The molecule has 0 radical (unpaired) electrons. The molecule has 1 atom stereocenters. The average molecular weight is 315 g/mol. The molecule has 0 saturated carbocycles. The molecule has 1 aliphatic rings. The van der Waals surface area contributed by atoms with E-state index in [0.29, 0.717) is 6.92 Å². The second kappa shape index (κ2) is 5.60. The van der Waals surface area contributed by atoms with E-state index in [0.717, 1.165) is 6.07 Å². The first kappa shape index (κ1) is 16.3. The van der Waals surface area contributed by atoms with Gasteiger partial charge in [-0.05, 0) is 25.1 Å². The van der Waals surface area contributed by atoms with Crippen molar-refractivity contribution in [2.45, 2.75) is 25.3 Å². The van der Waals surface area contributed by atoms with Crippen LogP contribution in [0.4, 0.5) is 18.9 Å². The van der Waals surface area contributed by atoms with Gasteiger partial charge < -0.3 is 15.8 Å². The van der Waals surface area contributed by atoms with Crippen LogP contribution in [0.1, 0.15) is 19.4 Å². The van der Waals surface area contributed by atoms with Crippen molar-refractivity contribution in [3.05, 3.63) is 29.6 Å². The van der Waals surface area contributed by atoms with E-state index < -0.39 is 23.2 Å². The van der Waals surface area contributed by atoms with Crippen molar-refractivity contribution in [3.63, 3.8) is 0 Å². The first-order chi connectivity index (χ1) is 10.1. The number of rotatable bonds is 3. The van der Waals surface area contributed by atoms with Crippen LogP contribution >= 0.6 is 0 Å². The minimum absolute atomic E-state index is 0.0449. The van der Waals surface area contributed by atoms with E-state index in [4.69, 9.17) is 10.5 Å². The number of ether oxygens (including phenoxy) is 1. The predicted molar refractivity (Wildman–Crippen MR) is 75.4 cm³/mol. The van der Waals surface area contributed by atoms with Crippen LogP contribution < -0.4 is 11.1 Å². The van der Waals surface area contributed by atoms with Crippen molar-refractivity contribution in [2.75, 3.05) is 18.5 Å². The maximum Gasteiger partial charge on any atom is 0.322 e. The number of benzene rings is 1. The Bertz CT molecular complexity index is 628. The molecule has 1 amide bonds. The number of carbonyl (C=O) groups excluding carboxylic acids is 1. The predicted octanol–water partition coefficient (Wildman–Crippen LogP) is 2.02. The second-order valence-corrected chi connectivity index (χ2v) is 5.41. The van der Waals surface area contributed by atoms with E-state index in [1.54, 1.807) is 6.92 Å².